The second kappa shape index (κ2) is 12.0. The third kappa shape index (κ3) is 8.09. The predicted octanol–water partition coefficient (Wildman–Crippen LogP) is 0.893. The molecule has 0 aromatic carbocycles. The van der Waals surface area contributed by atoms with Crippen molar-refractivity contribution in [1.82, 2.24) is 0 Å². The number of esters is 5. The van der Waals surface area contributed by atoms with Crippen LogP contribution in [0.4, 0.5) is 0 Å². The zero-order valence-electron chi connectivity index (χ0n) is 18.0. The molecule has 1 rings (SSSR count). The van der Waals surface area contributed by atoms with Crippen molar-refractivity contribution >= 4 is 45.8 Å². The molecular weight excluding hydrogens is 484 g/mol. The summed E-state index contributed by atoms with van der Waals surface area (Å²) < 4.78 is 32.1. The van der Waals surface area contributed by atoms with Crippen LogP contribution in [0.2, 0.25) is 0 Å². The fraction of sp³-hybridized carbons (Fsp3) is 0.737. The average molecular weight is 511 g/mol. The summed E-state index contributed by atoms with van der Waals surface area (Å²) in [5.74, 6) is -3.92. The number of carbonyl (C=O) groups is 5. The van der Waals surface area contributed by atoms with Gasteiger partial charge in [-0.25, -0.2) is 0 Å². The van der Waals surface area contributed by atoms with Crippen molar-refractivity contribution in [2.24, 2.45) is 11.3 Å². The Balaban J connectivity index is 3.51. The molecule has 0 spiro atoms. The molecule has 12 heteroatoms. The summed E-state index contributed by atoms with van der Waals surface area (Å²) in [4.78, 5) is 57.9. The molecule has 0 N–H and O–H groups in total. The van der Waals surface area contributed by atoms with Gasteiger partial charge in [0.2, 0.25) is 0 Å². The Morgan fingerprint density at radius 1 is 0.742 bits per heavy atom. The maximum absolute atomic E-state index is 12.0. The lowest BCUT2D eigenvalue weighted by Gasteiger charge is -2.51. The number of carbonyl (C=O) groups excluding carboxylic acids is 5. The van der Waals surface area contributed by atoms with E-state index in [4.69, 9.17) is 28.4 Å². The molecular formula is C19H27BrO11. The maximum Gasteiger partial charge on any atom is 0.302 e. The minimum atomic E-state index is -1.46. The summed E-state index contributed by atoms with van der Waals surface area (Å²) in [5.41, 5.74) is -1.46. The van der Waals surface area contributed by atoms with Crippen LogP contribution < -0.4 is 0 Å². The Labute approximate surface area is 188 Å². The molecule has 0 unspecified atom stereocenters. The largest absolute Gasteiger partial charge is 0.465 e. The first-order chi connectivity index (χ1) is 14.4. The first kappa shape index (κ1) is 26.8. The molecule has 1 aliphatic heterocycles. The molecule has 1 fully saturated rings. The van der Waals surface area contributed by atoms with Gasteiger partial charge in [0.25, 0.3) is 0 Å². The molecule has 0 bridgehead atoms. The highest BCUT2D eigenvalue weighted by molar-refractivity contribution is 9.09. The summed E-state index contributed by atoms with van der Waals surface area (Å²) in [6.07, 6.45) is -2.13. The normalized spacial score (nSPS) is 24.5. The van der Waals surface area contributed by atoms with E-state index >= 15 is 0 Å². The number of ether oxygens (including phenoxy) is 6. The van der Waals surface area contributed by atoms with E-state index in [9.17, 15) is 24.0 Å². The van der Waals surface area contributed by atoms with Gasteiger partial charge >= 0.3 is 29.8 Å². The Hall–Kier alpha value is -2.21. The van der Waals surface area contributed by atoms with E-state index in [-0.39, 0.29) is 13.2 Å². The van der Waals surface area contributed by atoms with Gasteiger partial charge in [0.1, 0.15) is 49.1 Å². The van der Waals surface area contributed by atoms with Crippen molar-refractivity contribution in [2.75, 3.05) is 26.4 Å². The first-order valence-electron chi connectivity index (χ1n) is 9.39. The Kier molecular flexibility index (Phi) is 10.4. The molecule has 0 saturated carbocycles. The lowest BCUT2D eigenvalue weighted by molar-refractivity contribution is -0.250. The minimum Gasteiger partial charge on any atom is -0.465 e. The fourth-order valence-electron chi connectivity index (χ4n) is 3.16. The van der Waals surface area contributed by atoms with Gasteiger partial charge in [0.15, 0.2) is 0 Å². The van der Waals surface area contributed by atoms with Gasteiger partial charge in [-0.2, -0.15) is 0 Å². The van der Waals surface area contributed by atoms with E-state index < -0.39 is 71.6 Å². The van der Waals surface area contributed by atoms with E-state index in [0.717, 1.165) is 0 Å². The van der Waals surface area contributed by atoms with Crippen molar-refractivity contribution in [3.63, 3.8) is 0 Å². The summed E-state index contributed by atoms with van der Waals surface area (Å²) in [6.45, 7) is 4.62. The number of hydrogen-bond acceptors (Lipinski definition) is 11. The monoisotopic (exact) mass is 510 g/mol. The van der Waals surface area contributed by atoms with Crippen LogP contribution in [0.5, 0.6) is 0 Å². The highest BCUT2D eigenvalue weighted by atomic mass is 79.9. The van der Waals surface area contributed by atoms with Gasteiger partial charge in [-0.3, -0.25) is 24.0 Å². The van der Waals surface area contributed by atoms with E-state index in [1.165, 1.54) is 34.6 Å². The van der Waals surface area contributed by atoms with E-state index in [2.05, 4.69) is 15.9 Å². The molecule has 0 radical (unpaired) electrons. The molecule has 4 atom stereocenters. The highest BCUT2D eigenvalue weighted by Crippen LogP contribution is 2.45. The van der Waals surface area contributed by atoms with E-state index in [1.807, 2.05) is 0 Å². The van der Waals surface area contributed by atoms with Gasteiger partial charge in [0, 0.05) is 34.6 Å². The number of halogens is 1. The van der Waals surface area contributed by atoms with E-state index in [1.54, 1.807) is 0 Å². The lowest BCUT2D eigenvalue weighted by atomic mass is 9.71. The third-order valence-electron chi connectivity index (χ3n) is 4.53. The van der Waals surface area contributed by atoms with Gasteiger partial charge in [0.05, 0.1) is 5.92 Å². The number of hydrogen-bond donors (Lipinski definition) is 0. The quantitative estimate of drug-likeness (QED) is 0.248. The van der Waals surface area contributed by atoms with Gasteiger partial charge in [-0.15, -0.1) is 0 Å². The summed E-state index contributed by atoms with van der Waals surface area (Å²) >= 11 is 3.33. The summed E-state index contributed by atoms with van der Waals surface area (Å²) in [5, 5.41) is -0.806. The van der Waals surface area contributed by atoms with Crippen molar-refractivity contribution in [2.45, 2.75) is 51.8 Å². The Morgan fingerprint density at radius 2 is 1.19 bits per heavy atom. The molecule has 0 amide bonds. The van der Waals surface area contributed by atoms with Crippen LogP contribution in [-0.2, 0) is 52.4 Å². The van der Waals surface area contributed by atoms with Crippen LogP contribution in [0.25, 0.3) is 0 Å². The van der Waals surface area contributed by atoms with Crippen LogP contribution in [0.1, 0.15) is 34.6 Å². The van der Waals surface area contributed by atoms with E-state index in [0.29, 0.717) is 0 Å². The molecule has 0 aromatic rings. The molecule has 31 heavy (non-hydrogen) atoms. The lowest BCUT2D eigenvalue weighted by Crippen LogP contribution is -2.65. The average Bonchev–Trinajstić information content (AvgIpc) is 2.63. The smallest absolute Gasteiger partial charge is 0.302 e. The molecule has 0 aliphatic carbocycles. The van der Waals surface area contributed by atoms with Crippen LogP contribution in [0, 0.1) is 11.3 Å². The Bertz CT molecular complexity index is 674. The van der Waals surface area contributed by atoms with Crippen molar-refractivity contribution in [3.05, 3.63) is 0 Å². The van der Waals surface area contributed by atoms with Crippen LogP contribution in [0.3, 0.4) is 0 Å². The third-order valence-corrected chi connectivity index (χ3v) is 5.42. The highest BCUT2D eigenvalue weighted by Gasteiger charge is 2.60. The standard InChI is InChI=1S/C19H27BrO11/c1-10(21)26-6-15-17(30-14(5)25)19(8-28-12(3)23,9-29-13(4)24)16(31-18(15)20)7-27-11(2)22/h15-18H,6-9H2,1-5H3/t15-,16-,17+,18-/m0/s1. The van der Waals surface area contributed by atoms with Gasteiger partial charge < -0.3 is 28.4 Å². The molecule has 0 aromatic heterocycles. The second-order valence-corrected chi connectivity index (χ2v) is 7.97. The summed E-state index contributed by atoms with van der Waals surface area (Å²) in [6, 6.07) is 0. The van der Waals surface area contributed by atoms with Crippen LogP contribution in [0.15, 0.2) is 0 Å². The maximum atomic E-state index is 12.0. The van der Waals surface area contributed by atoms with Gasteiger partial charge in [-0.05, 0) is 0 Å². The van der Waals surface area contributed by atoms with Crippen LogP contribution >= 0.6 is 15.9 Å². The molecule has 176 valence electrons. The molecule has 1 heterocycles. The Morgan fingerprint density at radius 3 is 1.61 bits per heavy atom. The molecule has 1 aliphatic rings. The SMILES string of the molecule is CC(=O)OC[C@H]1[C@@H](OC(C)=O)C(COC(C)=O)(COC(C)=O)[C@H](COC(C)=O)O[C@@H]1Br. The van der Waals surface area contributed by atoms with Crippen molar-refractivity contribution < 1.29 is 52.4 Å². The molecule has 1 saturated heterocycles. The predicted molar refractivity (Wildman–Crippen MR) is 106 cm³/mol. The first-order valence-corrected chi connectivity index (χ1v) is 10.3. The van der Waals surface area contributed by atoms with Crippen molar-refractivity contribution in [3.8, 4) is 0 Å². The second-order valence-electron chi connectivity index (χ2n) is 7.07. The fourth-order valence-corrected chi connectivity index (χ4v) is 3.85. The van der Waals surface area contributed by atoms with Crippen LogP contribution in [-0.4, -0.2) is 73.5 Å². The zero-order valence-corrected chi connectivity index (χ0v) is 19.6. The topological polar surface area (TPSA) is 141 Å². The summed E-state index contributed by atoms with van der Waals surface area (Å²) in [7, 11) is 0. The minimum absolute atomic E-state index is 0.217. The number of rotatable bonds is 9. The van der Waals surface area contributed by atoms with Gasteiger partial charge in [-0.1, -0.05) is 15.9 Å². The number of alkyl halides is 1. The zero-order chi connectivity index (χ0) is 23.8. The van der Waals surface area contributed by atoms with Crippen molar-refractivity contribution in [1.29, 1.82) is 0 Å². The molecule has 11 nitrogen and oxygen atoms in total.